The van der Waals surface area contributed by atoms with Gasteiger partial charge in [-0.15, -0.1) is 11.3 Å². The van der Waals surface area contributed by atoms with Crippen molar-refractivity contribution in [1.82, 2.24) is 16.0 Å². The van der Waals surface area contributed by atoms with Crippen LogP contribution in [-0.2, 0) is 9.59 Å². The minimum absolute atomic E-state index is 0.192. The fraction of sp³-hybridized carbons (Fsp3) is 0.259. The first kappa shape index (κ1) is 27.4. The highest BCUT2D eigenvalue weighted by molar-refractivity contribution is 7.13. The Morgan fingerprint density at radius 2 is 1.68 bits per heavy atom. The molecule has 2 aromatic carbocycles. The molecule has 3 rings (SSSR count). The molecule has 4 amide bonds. The first-order chi connectivity index (χ1) is 17.5. The molecule has 0 aliphatic heterocycles. The van der Waals surface area contributed by atoms with Gasteiger partial charge in [0.05, 0.1) is 5.69 Å². The van der Waals surface area contributed by atoms with E-state index in [-0.39, 0.29) is 17.6 Å². The average Bonchev–Trinajstić information content (AvgIpc) is 3.37. The van der Waals surface area contributed by atoms with Crippen LogP contribution in [0.1, 0.15) is 49.7 Å². The number of ether oxygens (including phenoxy) is 1. The number of amides is 4. The number of rotatable bonds is 7. The van der Waals surface area contributed by atoms with E-state index in [2.05, 4.69) is 21.3 Å². The van der Waals surface area contributed by atoms with E-state index in [9.17, 15) is 19.2 Å². The lowest BCUT2D eigenvalue weighted by atomic mass is 10.0. The molecule has 37 heavy (non-hydrogen) atoms. The normalized spacial score (nSPS) is 11.7. The summed E-state index contributed by atoms with van der Waals surface area (Å²) < 4.78 is 5.51. The predicted octanol–water partition coefficient (Wildman–Crippen LogP) is 4.48. The molecule has 0 spiro atoms. The van der Waals surface area contributed by atoms with E-state index < -0.39 is 23.6 Å². The second-order valence-corrected chi connectivity index (χ2v) is 10.2. The fourth-order valence-electron chi connectivity index (χ4n) is 3.41. The zero-order valence-corrected chi connectivity index (χ0v) is 22.1. The molecule has 1 unspecified atom stereocenters. The van der Waals surface area contributed by atoms with Crippen molar-refractivity contribution < 1.29 is 23.9 Å². The number of hydrogen-bond donors (Lipinski definition) is 4. The number of likely N-dealkylation sites (N-methyl/N-ethyl adjacent to an activating group) is 1. The highest BCUT2D eigenvalue weighted by Gasteiger charge is 2.22. The summed E-state index contributed by atoms with van der Waals surface area (Å²) in [5.74, 6) is -0.985. The fourth-order valence-corrected chi connectivity index (χ4v) is 4.14. The molecule has 1 heterocycles. The molecular weight excluding hydrogens is 492 g/mol. The van der Waals surface area contributed by atoms with Crippen molar-refractivity contribution in [3.63, 3.8) is 0 Å². The maximum absolute atomic E-state index is 13.1. The molecule has 0 fully saturated rings. The summed E-state index contributed by atoms with van der Waals surface area (Å²) in [4.78, 5) is 50.2. The van der Waals surface area contributed by atoms with Crippen LogP contribution in [0.25, 0.3) is 10.4 Å². The van der Waals surface area contributed by atoms with Gasteiger partial charge >= 0.3 is 6.09 Å². The Balaban J connectivity index is 1.86. The first-order valence-electron chi connectivity index (χ1n) is 11.5. The van der Waals surface area contributed by atoms with Crippen LogP contribution in [0.5, 0.6) is 5.75 Å². The minimum atomic E-state index is -0.886. The van der Waals surface area contributed by atoms with Crippen molar-refractivity contribution >= 4 is 40.8 Å². The molecule has 194 valence electrons. The summed E-state index contributed by atoms with van der Waals surface area (Å²) in [6.45, 7) is 6.83. The van der Waals surface area contributed by atoms with Crippen LogP contribution in [0.2, 0.25) is 0 Å². The molecule has 9 nitrogen and oxygen atoms in total. The van der Waals surface area contributed by atoms with Crippen LogP contribution < -0.4 is 26.0 Å². The molecule has 3 aromatic rings. The Kier molecular flexibility index (Phi) is 8.67. The van der Waals surface area contributed by atoms with E-state index in [0.717, 1.165) is 10.4 Å². The maximum atomic E-state index is 13.1. The van der Waals surface area contributed by atoms with E-state index in [1.54, 1.807) is 47.7 Å². The quantitative estimate of drug-likeness (QED) is 0.364. The minimum Gasteiger partial charge on any atom is -0.408 e. The monoisotopic (exact) mass is 522 g/mol. The molecule has 0 saturated heterocycles. The zero-order valence-electron chi connectivity index (χ0n) is 21.3. The van der Waals surface area contributed by atoms with E-state index in [4.69, 9.17) is 4.74 Å². The Hall–Kier alpha value is -4.18. The Morgan fingerprint density at radius 3 is 2.24 bits per heavy atom. The number of carbonyl (C=O) groups is 4. The molecule has 1 atom stereocenters. The zero-order chi connectivity index (χ0) is 27.2. The Labute approximate surface area is 219 Å². The maximum Gasteiger partial charge on any atom is 0.413 e. The van der Waals surface area contributed by atoms with Gasteiger partial charge in [-0.25, -0.2) is 4.79 Å². The van der Waals surface area contributed by atoms with Gasteiger partial charge in [-0.2, -0.15) is 0 Å². The van der Waals surface area contributed by atoms with Gasteiger partial charge in [0.15, 0.2) is 5.75 Å². The summed E-state index contributed by atoms with van der Waals surface area (Å²) in [6.07, 6.45) is -0.644. The standard InChI is InChI=1S/C27H30N4O5S/c1-16(32)29-23(25(34)28-5)17-8-10-18(11-9-17)24(33)30-20-15-19(22-7-6-14-37-22)12-13-21(20)36-26(35)31-27(2,3)4/h6-15,23H,1-5H3,(H,28,34)(H,29,32)(H,30,33)(H,31,35). The first-order valence-corrected chi connectivity index (χ1v) is 12.4. The SMILES string of the molecule is CNC(=O)C(NC(C)=O)c1ccc(C(=O)Nc2cc(-c3cccs3)ccc2OC(=O)NC(C)(C)C)cc1. The number of nitrogens with one attached hydrogen (secondary N) is 4. The summed E-state index contributed by atoms with van der Waals surface area (Å²) in [5, 5.41) is 12.6. The Bertz CT molecular complexity index is 1280. The van der Waals surface area contributed by atoms with Crippen LogP contribution in [0.3, 0.4) is 0 Å². The number of carbonyl (C=O) groups excluding carboxylic acids is 4. The van der Waals surface area contributed by atoms with Crippen LogP contribution >= 0.6 is 11.3 Å². The summed E-state index contributed by atoms with van der Waals surface area (Å²) in [5.41, 5.74) is 1.52. The summed E-state index contributed by atoms with van der Waals surface area (Å²) in [7, 11) is 1.48. The van der Waals surface area contributed by atoms with E-state index >= 15 is 0 Å². The van der Waals surface area contributed by atoms with Crippen LogP contribution in [0, 0.1) is 0 Å². The molecule has 0 aliphatic rings. The van der Waals surface area contributed by atoms with Crippen molar-refractivity contribution in [3.8, 4) is 16.2 Å². The lowest BCUT2D eigenvalue weighted by Crippen LogP contribution is -2.42. The number of thiophene rings is 1. The van der Waals surface area contributed by atoms with Gasteiger partial charge in [-0.3, -0.25) is 14.4 Å². The van der Waals surface area contributed by atoms with Crippen molar-refractivity contribution in [1.29, 1.82) is 0 Å². The van der Waals surface area contributed by atoms with Gasteiger partial charge in [-0.05, 0) is 73.7 Å². The third kappa shape index (κ3) is 7.65. The molecule has 0 radical (unpaired) electrons. The molecule has 10 heteroatoms. The number of benzene rings is 2. The van der Waals surface area contributed by atoms with Crippen molar-refractivity contribution in [3.05, 3.63) is 71.1 Å². The van der Waals surface area contributed by atoms with Gasteiger partial charge in [0.2, 0.25) is 11.8 Å². The summed E-state index contributed by atoms with van der Waals surface area (Å²) in [6, 6.07) is 14.5. The van der Waals surface area contributed by atoms with Crippen molar-refractivity contribution in [2.45, 2.75) is 39.3 Å². The molecule has 1 aromatic heterocycles. The second kappa shape index (κ2) is 11.7. The summed E-state index contributed by atoms with van der Waals surface area (Å²) >= 11 is 1.54. The van der Waals surface area contributed by atoms with Gasteiger partial charge in [0, 0.05) is 30.0 Å². The van der Waals surface area contributed by atoms with E-state index in [1.165, 1.54) is 14.0 Å². The van der Waals surface area contributed by atoms with Crippen LogP contribution in [0.4, 0.5) is 10.5 Å². The molecular formula is C27H30N4O5S. The van der Waals surface area contributed by atoms with Gasteiger partial charge < -0.3 is 26.0 Å². The van der Waals surface area contributed by atoms with Gasteiger partial charge in [0.1, 0.15) is 6.04 Å². The predicted molar refractivity (Wildman–Crippen MR) is 144 cm³/mol. The lowest BCUT2D eigenvalue weighted by Gasteiger charge is -2.21. The van der Waals surface area contributed by atoms with Crippen molar-refractivity contribution in [2.75, 3.05) is 12.4 Å². The molecule has 0 bridgehead atoms. The van der Waals surface area contributed by atoms with E-state index in [0.29, 0.717) is 16.8 Å². The van der Waals surface area contributed by atoms with Crippen LogP contribution in [0.15, 0.2) is 60.0 Å². The topological polar surface area (TPSA) is 126 Å². The molecule has 0 saturated carbocycles. The molecule has 4 N–H and O–H groups in total. The third-order valence-electron chi connectivity index (χ3n) is 5.08. The Morgan fingerprint density at radius 1 is 0.973 bits per heavy atom. The third-order valence-corrected chi connectivity index (χ3v) is 5.99. The number of hydrogen-bond acceptors (Lipinski definition) is 6. The largest absolute Gasteiger partial charge is 0.413 e. The van der Waals surface area contributed by atoms with E-state index in [1.807, 2.05) is 44.4 Å². The molecule has 0 aliphatic carbocycles. The van der Waals surface area contributed by atoms with Gasteiger partial charge in [0.25, 0.3) is 5.91 Å². The van der Waals surface area contributed by atoms with Crippen LogP contribution in [-0.4, -0.2) is 36.4 Å². The smallest absolute Gasteiger partial charge is 0.408 e. The second-order valence-electron chi connectivity index (χ2n) is 9.28. The van der Waals surface area contributed by atoms with Crippen molar-refractivity contribution in [2.24, 2.45) is 0 Å². The lowest BCUT2D eigenvalue weighted by molar-refractivity contribution is -0.127. The van der Waals surface area contributed by atoms with Gasteiger partial charge in [-0.1, -0.05) is 18.2 Å². The number of anilines is 1. The highest BCUT2D eigenvalue weighted by atomic mass is 32.1. The highest BCUT2D eigenvalue weighted by Crippen LogP contribution is 2.33. The average molecular weight is 523 g/mol.